The molecule has 9 nitrogen and oxygen atoms in total. The Morgan fingerprint density at radius 1 is 1.12 bits per heavy atom. The van der Waals surface area contributed by atoms with E-state index in [1.54, 1.807) is 18.2 Å². The Bertz CT molecular complexity index is 1520. The summed E-state index contributed by atoms with van der Waals surface area (Å²) in [6, 6.07) is 15.4. The molecule has 0 radical (unpaired) electrons. The van der Waals surface area contributed by atoms with Crippen molar-refractivity contribution in [3.05, 3.63) is 71.4 Å². The summed E-state index contributed by atoms with van der Waals surface area (Å²) in [6.07, 6.45) is 5.66. The molecule has 1 aromatic heterocycles. The predicted molar refractivity (Wildman–Crippen MR) is 160 cm³/mol. The average Bonchev–Trinajstić information content (AvgIpc) is 3.36. The van der Waals surface area contributed by atoms with Crippen molar-refractivity contribution in [2.75, 3.05) is 52.4 Å². The fraction of sp³-hybridized carbons (Fsp3) is 0.375. The monoisotopic (exact) mass is 588 g/mol. The van der Waals surface area contributed by atoms with Gasteiger partial charge in [0.2, 0.25) is 5.91 Å². The van der Waals surface area contributed by atoms with Crippen LogP contribution in [0.2, 0.25) is 0 Å². The van der Waals surface area contributed by atoms with E-state index in [1.807, 2.05) is 48.6 Å². The molecule has 2 aromatic carbocycles. The lowest BCUT2D eigenvalue weighted by Gasteiger charge is -2.26. The number of amides is 2. The molecule has 2 aliphatic heterocycles. The molecule has 2 saturated heterocycles. The van der Waals surface area contributed by atoms with E-state index in [-0.39, 0.29) is 0 Å². The van der Waals surface area contributed by atoms with Gasteiger partial charge in [-0.25, -0.2) is 8.78 Å². The van der Waals surface area contributed by atoms with Gasteiger partial charge in [0.05, 0.1) is 36.8 Å². The van der Waals surface area contributed by atoms with Crippen molar-refractivity contribution in [3.63, 3.8) is 0 Å². The summed E-state index contributed by atoms with van der Waals surface area (Å²) in [6.45, 7) is 4.63. The maximum Gasteiger partial charge on any atom is 0.268 e. The fourth-order valence-corrected chi connectivity index (χ4v) is 5.29. The zero-order valence-electron chi connectivity index (χ0n) is 23.8. The Morgan fingerprint density at radius 2 is 1.86 bits per heavy atom. The van der Waals surface area contributed by atoms with Crippen LogP contribution in [0.15, 0.2) is 54.7 Å². The third-order valence-electron chi connectivity index (χ3n) is 7.60. The number of nitrogens with one attached hydrogen (secondary N) is 2. The molecule has 11 heteroatoms. The summed E-state index contributed by atoms with van der Waals surface area (Å²) in [5, 5.41) is 15.6. The summed E-state index contributed by atoms with van der Waals surface area (Å²) in [4.78, 5) is 33.1. The number of benzene rings is 2. The van der Waals surface area contributed by atoms with Crippen LogP contribution in [0.5, 0.6) is 5.75 Å². The van der Waals surface area contributed by atoms with Gasteiger partial charge in [-0.05, 0) is 47.9 Å². The topological polar surface area (TPSA) is 111 Å². The van der Waals surface area contributed by atoms with Crippen molar-refractivity contribution in [2.24, 2.45) is 0 Å². The molecule has 0 unspecified atom stereocenters. The number of nitrogens with zero attached hydrogens (tertiary/aromatic N) is 4. The van der Waals surface area contributed by atoms with Crippen LogP contribution in [-0.4, -0.2) is 91.0 Å². The SMILES string of the molecule is N#C[C@@H]1CC(F)(F)CN1C(=O)CNC(=O)c1ccnc2ccc(/C=C/c3ccc(OCCCN4CCNCC4)cc3)cc12. The number of rotatable bonds is 10. The Hall–Kier alpha value is -4.40. The number of halogens is 2. The minimum atomic E-state index is -3.12. The molecule has 0 aliphatic carbocycles. The first kappa shape index (κ1) is 30.1. The molecule has 3 heterocycles. The Balaban J connectivity index is 1.17. The summed E-state index contributed by atoms with van der Waals surface area (Å²) < 4.78 is 33.3. The molecule has 2 aliphatic rings. The summed E-state index contributed by atoms with van der Waals surface area (Å²) >= 11 is 0. The number of carbonyl (C=O) groups excluding carboxylic acids is 2. The highest BCUT2D eigenvalue weighted by Crippen LogP contribution is 2.31. The second kappa shape index (κ2) is 13.7. The molecule has 3 aromatic rings. The van der Waals surface area contributed by atoms with Crippen molar-refractivity contribution >= 4 is 34.9 Å². The Morgan fingerprint density at radius 3 is 2.63 bits per heavy atom. The van der Waals surface area contributed by atoms with Crippen LogP contribution in [0.25, 0.3) is 23.1 Å². The second-order valence-electron chi connectivity index (χ2n) is 10.7. The van der Waals surface area contributed by atoms with E-state index in [0.29, 0.717) is 23.1 Å². The number of carbonyl (C=O) groups is 2. The van der Waals surface area contributed by atoms with Crippen LogP contribution in [0, 0.1) is 11.3 Å². The molecule has 0 bridgehead atoms. The summed E-state index contributed by atoms with van der Waals surface area (Å²) in [5.74, 6) is -3.56. The van der Waals surface area contributed by atoms with E-state index in [1.165, 1.54) is 6.20 Å². The van der Waals surface area contributed by atoms with Crippen molar-refractivity contribution in [2.45, 2.75) is 24.8 Å². The van der Waals surface area contributed by atoms with E-state index >= 15 is 0 Å². The number of aromatic nitrogens is 1. The molecule has 224 valence electrons. The smallest absolute Gasteiger partial charge is 0.268 e. The lowest BCUT2D eigenvalue weighted by molar-refractivity contribution is -0.131. The second-order valence-corrected chi connectivity index (χ2v) is 10.7. The minimum Gasteiger partial charge on any atom is -0.494 e. The normalized spacial score (nSPS) is 18.5. The highest BCUT2D eigenvalue weighted by molar-refractivity contribution is 6.07. The van der Waals surface area contributed by atoms with Gasteiger partial charge in [0.25, 0.3) is 11.8 Å². The molecular weight excluding hydrogens is 554 g/mol. The molecule has 2 amide bonds. The number of likely N-dealkylation sites (tertiary alicyclic amines) is 1. The average molecular weight is 589 g/mol. The lowest BCUT2D eigenvalue weighted by atomic mass is 10.0. The zero-order chi connectivity index (χ0) is 30.2. The van der Waals surface area contributed by atoms with Crippen LogP contribution < -0.4 is 15.4 Å². The first-order chi connectivity index (χ1) is 20.8. The van der Waals surface area contributed by atoms with Gasteiger partial charge in [-0.15, -0.1) is 0 Å². The fourth-order valence-electron chi connectivity index (χ4n) is 5.29. The third-order valence-corrected chi connectivity index (χ3v) is 7.60. The zero-order valence-corrected chi connectivity index (χ0v) is 23.8. The predicted octanol–water partition coefficient (Wildman–Crippen LogP) is 3.57. The number of fused-ring (bicyclic) bond motifs is 1. The number of ether oxygens (including phenoxy) is 1. The summed E-state index contributed by atoms with van der Waals surface area (Å²) in [7, 11) is 0. The minimum absolute atomic E-state index is 0.301. The van der Waals surface area contributed by atoms with E-state index in [9.17, 15) is 18.4 Å². The standard InChI is InChI=1S/C32H34F2N6O3/c33-32(34)19-25(20-35)40(22-32)30(41)21-38-31(42)27-10-11-37-29-9-6-24(18-28(27)29)3-2-23-4-7-26(8-5-23)43-17-1-14-39-15-12-36-13-16-39/h2-11,18,25,36H,1,12-17,19,21-22H2,(H,38,42)/b3-2+/t25-/m0/s1. The van der Waals surface area contributed by atoms with E-state index in [0.717, 1.165) is 60.9 Å². The lowest BCUT2D eigenvalue weighted by Crippen LogP contribution is -2.43. The van der Waals surface area contributed by atoms with Crippen LogP contribution in [0.4, 0.5) is 8.78 Å². The van der Waals surface area contributed by atoms with Crippen LogP contribution in [-0.2, 0) is 4.79 Å². The highest BCUT2D eigenvalue weighted by atomic mass is 19.3. The molecular formula is C32H34F2N6O3. The van der Waals surface area contributed by atoms with E-state index < -0.39 is 43.3 Å². The van der Waals surface area contributed by atoms with Crippen LogP contribution >= 0.6 is 0 Å². The highest BCUT2D eigenvalue weighted by Gasteiger charge is 2.47. The maximum absolute atomic E-state index is 13.7. The van der Waals surface area contributed by atoms with Gasteiger partial charge < -0.3 is 25.2 Å². The molecule has 2 N–H and O–H groups in total. The Kier molecular flexibility index (Phi) is 9.59. The van der Waals surface area contributed by atoms with E-state index in [2.05, 4.69) is 20.5 Å². The number of piperazine rings is 1. The van der Waals surface area contributed by atoms with Crippen LogP contribution in [0.3, 0.4) is 0 Å². The number of hydrogen-bond donors (Lipinski definition) is 2. The molecule has 2 fully saturated rings. The molecule has 43 heavy (non-hydrogen) atoms. The van der Waals surface area contributed by atoms with Gasteiger partial charge in [-0.3, -0.25) is 14.6 Å². The number of pyridine rings is 1. The third kappa shape index (κ3) is 7.91. The Labute approximate surface area is 249 Å². The number of alkyl halides is 2. The van der Waals surface area contributed by atoms with Gasteiger partial charge >= 0.3 is 0 Å². The first-order valence-electron chi connectivity index (χ1n) is 14.4. The number of nitriles is 1. The van der Waals surface area contributed by atoms with Crippen LogP contribution in [0.1, 0.15) is 34.3 Å². The molecule has 0 spiro atoms. The number of hydrogen-bond acceptors (Lipinski definition) is 7. The van der Waals surface area contributed by atoms with Gasteiger partial charge in [-0.1, -0.05) is 30.4 Å². The molecule has 5 rings (SSSR count). The first-order valence-corrected chi connectivity index (χ1v) is 14.4. The largest absolute Gasteiger partial charge is 0.494 e. The van der Waals surface area contributed by atoms with Gasteiger partial charge in [0.1, 0.15) is 11.8 Å². The molecule has 1 atom stereocenters. The van der Waals surface area contributed by atoms with Crippen molar-refractivity contribution in [1.82, 2.24) is 25.4 Å². The quantitative estimate of drug-likeness (QED) is 0.275. The maximum atomic E-state index is 13.7. The van der Waals surface area contributed by atoms with E-state index in [4.69, 9.17) is 10.00 Å². The van der Waals surface area contributed by atoms with Crippen molar-refractivity contribution in [3.8, 4) is 11.8 Å². The van der Waals surface area contributed by atoms with Crippen molar-refractivity contribution < 1.29 is 23.1 Å². The van der Waals surface area contributed by atoms with Gasteiger partial charge in [-0.2, -0.15) is 5.26 Å². The van der Waals surface area contributed by atoms with Gasteiger partial charge in [0.15, 0.2) is 0 Å². The molecule has 0 saturated carbocycles. The van der Waals surface area contributed by atoms with Crippen molar-refractivity contribution in [1.29, 1.82) is 5.26 Å². The summed E-state index contributed by atoms with van der Waals surface area (Å²) in [5.41, 5.74) is 2.72. The van der Waals surface area contributed by atoms with Gasteiger partial charge in [0, 0.05) is 50.7 Å².